The predicted molar refractivity (Wildman–Crippen MR) is 128 cm³/mol. The van der Waals surface area contributed by atoms with Crippen molar-refractivity contribution in [3.63, 3.8) is 0 Å². The molecule has 3 heterocycles. The van der Waals surface area contributed by atoms with Crippen LogP contribution in [0.4, 0.5) is 5.69 Å². The molecule has 1 aromatic heterocycles. The van der Waals surface area contributed by atoms with Gasteiger partial charge in [0.15, 0.2) is 0 Å². The standard InChI is InChI=1S/C27H31N3O3/c31-26(20-2-3-20)30-13-11-29(12-14-30)25-8-10-28-24-17-21(16-23(24)25)19-4-6-22(7-5-19)27(32)9-1-15-33-18-27/h4-8,10,16,20,32H,1-3,9,11-15,17-18H2. The van der Waals surface area contributed by atoms with Gasteiger partial charge < -0.3 is 19.6 Å². The van der Waals surface area contributed by atoms with Gasteiger partial charge in [-0.05, 0) is 54.5 Å². The topological polar surface area (TPSA) is 65.9 Å². The lowest BCUT2D eigenvalue weighted by molar-refractivity contribution is -0.132. The number of amides is 1. The van der Waals surface area contributed by atoms with Crippen LogP contribution in [0.1, 0.15) is 48.1 Å². The van der Waals surface area contributed by atoms with Gasteiger partial charge in [0.05, 0.1) is 12.3 Å². The van der Waals surface area contributed by atoms with Crippen molar-refractivity contribution >= 4 is 23.2 Å². The van der Waals surface area contributed by atoms with E-state index in [9.17, 15) is 9.90 Å². The third-order valence-corrected chi connectivity index (χ3v) is 7.60. The Morgan fingerprint density at radius 2 is 1.88 bits per heavy atom. The first kappa shape index (κ1) is 20.9. The van der Waals surface area contributed by atoms with Crippen LogP contribution in [0.2, 0.25) is 0 Å². The monoisotopic (exact) mass is 445 g/mol. The number of ether oxygens (including phenoxy) is 1. The molecule has 1 unspecified atom stereocenters. The summed E-state index contributed by atoms with van der Waals surface area (Å²) in [5.41, 5.74) is 6.02. The highest BCUT2D eigenvalue weighted by Crippen LogP contribution is 2.38. The Morgan fingerprint density at radius 1 is 1.09 bits per heavy atom. The van der Waals surface area contributed by atoms with Gasteiger partial charge in [0.1, 0.15) is 5.60 Å². The van der Waals surface area contributed by atoms with E-state index >= 15 is 0 Å². The maximum Gasteiger partial charge on any atom is 0.225 e. The first-order valence-corrected chi connectivity index (χ1v) is 12.2. The molecule has 33 heavy (non-hydrogen) atoms. The third-order valence-electron chi connectivity index (χ3n) is 7.60. The zero-order chi connectivity index (χ0) is 22.4. The van der Waals surface area contributed by atoms with Gasteiger partial charge in [0.2, 0.25) is 5.91 Å². The van der Waals surface area contributed by atoms with Gasteiger partial charge >= 0.3 is 0 Å². The van der Waals surface area contributed by atoms with Crippen LogP contribution >= 0.6 is 0 Å². The molecule has 1 atom stereocenters. The highest BCUT2D eigenvalue weighted by Gasteiger charge is 2.35. The van der Waals surface area contributed by atoms with Crippen LogP contribution in [-0.2, 0) is 21.6 Å². The van der Waals surface area contributed by atoms with Gasteiger partial charge in [-0.25, -0.2) is 0 Å². The molecule has 2 aliphatic heterocycles. The number of allylic oxidation sites excluding steroid dienone is 1. The Labute approximate surface area is 194 Å². The predicted octanol–water partition coefficient (Wildman–Crippen LogP) is 3.23. The molecule has 1 aromatic carbocycles. The van der Waals surface area contributed by atoms with Crippen molar-refractivity contribution in [1.82, 2.24) is 9.88 Å². The fraction of sp³-hybridized carbons (Fsp3) is 0.481. The summed E-state index contributed by atoms with van der Waals surface area (Å²) >= 11 is 0. The minimum Gasteiger partial charge on any atom is -0.383 e. The Kier molecular flexibility index (Phi) is 5.23. The number of hydrogen-bond donors (Lipinski definition) is 1. The van der Waals surface area contributed by atoms with E-state index in [0.29, 0.717) is 18.4 Å². The number of nitrogens with zero attached hydrogens (tertiary/aromatic N) is 3. The number of carbonyl (C=O) groups excluding carboxylic acids is 1. The Morgan fingerprint density at radius 3 is 2.58 bits per heavy atom. The lowest BCUT2D eigenvalue weighted by Crippen LogP contribution is -2.49. The molecule has 0 radical (unpaired) electrons. The van der Waals surface area contributed by atoms with Crippen LogP contribution in [0, 0.1) is 5.92 Å². The van der Waals surface area contributed by atoms with E-state index in [0.717, 1.165) is 76.1 Å². The average molecular weight is 446 g/mol. The molecular weight excluding hydrogens is 414 g/mol. The van der Waals surface area contributed by atoms with Gasteiger partial charge in [0.25, 0.3) is 0 Å². The quantitative estimate of drug-likeness (QED) is 0.783. The van der Waals surface area contributed by atoms with Crippen molar-refractivity contribution in [3.05, 3.63) is 58.9 Å². The number of benzene rings is 1. The van der Waals surface area contributed by atoms with Gasteiger partial charge in [-0.2, -0.15) is 0 Å². The maximum atomic E-state index is 12.4. The lowest BCUT2D eigenvalue weighted by atomic mass is 9.87. The summed E-state index contributed by atoms with van der Waals surface area (Å²) in [5, 5.41) is 10.9. The van der Waals surface area contributed by atoms with Crippen molar-refractivity contribution in [2.75, 3.05) is 44.3 Å². The molecular formula is C27H31N3O3. The first-order chi connectivity index (χ1) is 16.1. The third kappa shape index (κ3) is 3.96. The number of rotatable bonds is 4. The maximum absolute atomic E-state index is 12.4. The summed E-state index contributed by atoms with van der Waals surface area (Å²) < 4.78 is 5.52. The molecule has 1 amide bonds. The van der Waals surface area contributed by atoms with Crippen LogP contribution in [0.3, 0.4) is 0 Å². The molecule has 172 valence electrons. The first-order valence-electron chi connectivity index (χ1n) is 12.2. The number of hydrogen-bond acceptors (Lipinski definition) is 5. The van der Waals surface area contributed by atoms with Crippen LogP contribution in [0.15, 0.2) is 36.5 Å². The van der Waals surface area contributed by atoms with Crippen molar-refractivity contribution in [2.45, 2.75) is 37.7 Å². The van der Waals surface area contributed by atoms with E-state index in [2.05, 4.69) is 34.2 Å². The molecule has 1 N–H and O–H groups in total. The van der Waals surface area contributed by atoms with Gasteiger partial charge in [-0.1, -0.05) is 24.3 Å². The number of fused-ring (bicyclic) bond motifs is 1. The van der Waals surface area contributed by atoms with Crippen molar-refractivity contribution in [2.24, 2.45) is 5.92 Å². The summed E-state index contributed by atoms with van der Waals surface area (Å²) in [6.45, 7) is 4.44. The van der Waals surface area contributed by atoms with Crippen LogP contribution in [0.5, 0.6) is 0 Å². The average Bonchev–Trinajstić information content (AvgIpc) is 3.62. The van der Waals surface area contributed by atoms with Gasteiger partial charge in [-0.15, -0.1) is 0 Å². The number of aliphatic hydroxyl groups is 1. The van der Waals surface area contributed by atoms with Crippen molar-refractivity contribution < 1.29 is 14.6 Å². The summed E-state index contributed by atoms with van der Waals surface area (Å²) in [4.78, 5) is 21.5. The zero-order valence-electron chi connectivity index (χ0n) is 19.0. The minimum absolute atomic E-state index is 0.296. The number of anilines is 1. The summed E-state index contributed by atoms with van der Waals surface area (Å²) in [6.07, 6.45) is 8.76. The lowest BCUT2D eigenvalue weighted by Gasteiger charge is -2.37. The second kappa shape index (κ2) is 8.26. The normalized spacial score (nSPS) is 25.1. The van der Waals surface area contributed by atoms with E-state index in [1.807, 2.05) is 23.2 Å². The zero-order valence-corrected chi connectivity index (χ0v) is 19.0. The Balaban J connectivity index is 1.19. The number of piperazine rings is 1. The molecule has 4 aliphatic rings. The Bertz CT molecular complexity index is 1080. The van der Waals surface area contributed by atoms with E-state index in [1.165, 1.54) is 22.4 Å². The second-order valence-electron chi connectivity index (χ2n) is 9.89. The highest BCUT2D eigenvalue weighted by atomic mass is 16.5. The number of aromatic nitrogens is 1. The van der Waals surface area contributed by atoms with Crippen molar-refractivity contribution in [1.29, 1.82) is 0 Å². The number of carbonyl (C=O) groups is 1. The van der Waals surface area contributed by atoms with Gasteiger partial charge in [0, 0.05) is 62.6 Å². The largest absolute Gasteiger partial charge is 0.383 e. The number of pyridine rings is 1. The summed E-state index contributed by atoms with van der Waals surface area (Å²) in [6, 6.07) is 10.4. The molecule has 0 spiro atoms. The molecule has 6 nitrogen and oxygen atoms in total. The van der Waals surface area contributed by atoms with Crippen LogP contribution in [-0.4, -0.2) is 60.3 Å². The highest BCUT2D eigenvalue weighted by molar-refractivity contribution is 5.92. The molecule has 6 rings (SSSR count). The van der Waals surface area contributed by atoms with E-state index in [-0.39, 0.29) is 0 Å². The molecule has 2 saturated heterocycles. The minimum atomic E-state index is -0.873. The van der Waals surface area contributed by atoms with Crippen LogP contribution in [0.25, 0.3) is 11.6 Å². The fourth-order valence-electron chi connectivity index (χ4n) is 5.43. The molecule has 2 aliphatic carbocycles. The molecule has 1 saturated carbocycles. The van der Waals surface area contributed by atoms with E-state index in [1.54, 1.807) is 0 Å². The van der Waals surface area contributed by atoms with Crippen molar-refractivity contribution in [3.8, 4) is 0 Å². The van der Waals surface area contributed by atoms with E-state index in [4.69, 9.17) is 4.74 Å². The second-order valence-corrected chi connectivity index (χ2v) is 9.89. The summed E-state index contributed by atoms with van der Waals surface area (Å²) in [7, 11) is 0. The van der Waals surface area contributed by atoms with Crippen LogP contribution < -0.4 is 4.90 Å². The van der Waals surface area contributed by atoms with E-state index < -0.39 is 5.60 Å². The summed E-state index contributed by atoms with van der Waals surface area (Å²) in [5.74, 6) is 0.648. The molecule has 0 bridgehead atoms. The fourth-order valence-corrected chi connectivity index (χ4v) is 5.43. The molecule has 2 aromatic rings. The Hall–Kier alpha value is -2.70. The van der Waals surface area contributed by atoms with Gasteiger partial charge in [-0.3, -0.25) is 9.78 Å². The SMILES string of the molecule is O=C(C1CC1)N1CCN(c2ccnc3c2C=C(c2ccc(C4(O)CCCOC4)cc2)C3)CC1. The molecule has 3 fully saturated rings. The molecule has 6 heteroatoms. The smallest absolute Gasteiger partial charge is 0.225 e.